The zero-order valence-electron chi connectivity index (χ0n) is 10.1. The zero-order chi connectivity index (χ0) is 14.2. The lowest BCUT2D eigenvalue weighted by Crippen LogP contribution is -2.03. The van der Waals surface area contributed by atoms with Crippen molar-refractivity contribution in [1.29, 1.82) is 0 Å². The van der Waals surface area contributed by atoms with E-state index in [-0.39, 0.29) is 5.78 Å². The monoisotopic (exact) mass is 466 g/mol. The van der Waals surface area contributed by atoms with E-state index in [4.69, 9.17) is 4.74 Å². The molecular weight excluding hydrogens is 460 g/mol. The molecule has 6 heteroatoms. The Hall–Kier alpha value is -0.170. The van der Waals surface area contributed by atoms with Gasteiger partial charge in [-0.15, -0.1) is 11.3 Å². The molecule has 0 aliphatic rings. The number of aryl methyl sites for hydroxylation is 1. The molecule has 2 aromatic rings. The molecule has 0 aliphatic heterocycles. The number of ketones is 1. The summed E-state index contributed by atoms with van der Waals surface area (Å²) in [6.07, 6.45) is 0. The molecule has 0 bridgehead atoms. The fourth-order valence-electron chi connectivity index (χ4n) is 1.59. The largest absolute Gasteiger partial charge is 0.496 e. The molecule has 0 aliphatic carbocycles. The maximum atomic E-state index is 12.5. The maximum absolute atomic E-state index is 12.5. The molecule has 0 fully saturated rings. The smallest absolute Gasteiger partial charge is 0.206 e. The number of carbonyl (C=O) groups excluding carboxylic acids is 1. The third-order valence-electron chi connectivity index (χ3n) is 2.59. The number of thiophene rings is 1. The number of hydrogen-bond acceptors (Lipinski definition) is 3. The molecule has 0 saturated carbocycles. The summed E-state index contributed by atoms with van der Waals surface area (Å²) in [5.74, 6) is 0.542. The molecule has 0 radical (unpaired) electrons. The van der Waals surface area contributed by atoms with Gasteiger partial charge in [0.2, 0.25) is 5.78 Å². The molecule has 1 aromatic heterocycles. The number of rotatable bonds is 3. The predicted octanol–water partition coefficient (Wildman–Crippen LogP) is 5.58. The van der Waals surface area contributed by atoms with E-state index in [2.05, 4.69) is 47.8 Å². The van der Waals surface area contributed by atoms with Gasteiger partial charge in [-0.1, -0.05) is 15.9 Å². The van der Waals surface area contributed by atoms with Gasteiger partial charge in [-0.3, -0.25) is 4.79 Å². The van der Waals surface area contributed by atoms with Gasteiger partial charge in [0.1, 0.15) is 5.75 Å². The predicted molar refractivity (Wildman–Crippen MR) is 88.6 cm³/mol. The van der Waals surface area contributed by atoms with Gasteiger partial charge >= 0.3 is 0 Å². The number of halogens is 3. The van der Waals surface area contributed by atoms with Gasteiger partial charge in [0.15, 0.2) is 0 Å². The van der Waals surface area contributed by atoms with Crippen molar-refractivity contribution >= 4 is 64.9 Å². The highest BCUT2D eigenvalue weighted by molar-refractivity contribution is 9.13. The van der Waals surface area contributed by atoms with Crippen molar-refractivity contribution in [3.63, 3.8) is 0 Å². The van der Waals surface area contributed by atoms with Gasteiger partial charge in [0.25, 0.3) is 0 Å². The standard InChI is InChI=1S/C13H9Br3O2S/c1-6-3-10(18-2)7(4-8(6)14)12(17)11-5-9(15)13(16)19-11/h3-5H,1-2H3. The summed E-state index contributed by atoms with van der Waals surface area (Å²) >= 11 is 11.6. The molecule has 0 unspecified atom stereocenters. The number of methoxy groups -OCH3 is 1. The highest BCUT2D eigenvalue weighted by Gasteiger charge is 2.19. The third-order valence-corrected chi connectivity index (χ3v) is 6.70. The Kier molecular flexibility index (Phi) is 4.87. The van der Waals surface area contributed by atoms with Crippen LogP contribution < -0.4 is 4.74 Å². The van der Waals surface area contributed by atoms with E-state index >= 15 is 0 Å². The van der Waals surface area contributed by atoms with Crippen LogP contribution in [0.15, 0.2) is 30.9 Å². The minimum absolute atomic E-state index is 0.0473. The lowest BCUT2D eigenvalue weighted by molar-refractivity contribution is 0.103. The van der Waals surface area contributed by atoms with E-state index in [1.54, 1.807) is 13.2 Å². The first kappa shape index (κ1) is 15.2. The molecule has 2 rings (SSSR count). The van der Waals surface area contributed by atoms with E-state index in [0.717, 1.165) is 18.3 Å². The second kappa shape index (κ2) is 6.08. The molecule has 1 aromatic carbocycles. The average Bonchev–Trinajstić information content (AvgIpc) is 2.71. The number of ether oxygens (including phenoxy) is 1. The summed E-state index contributed by atoms with van der Waals surface area (Å²) in [6.45, 7) is 1.96. The number of benzene rings is 1. The first-order valence-electron chi connectivity index (χ1n) is 5.27. The van der Waals surface area contributed by atoms with E-state index in [1.165, 1.54) is 11.3 Å². The Balaban J connectivity index is 2.52. The van der Waals surface area contributed by atoms with Gasteiger partial charge in [-0.05, 0) is 62.5 Å². The van der Waals surface area contributed by atoms with Crippen molar-refractivity contribution in [3.05, 3.63) is 46.9 Å². The Labute approximate surface area is 140 Å². The summed E-state index contributed by atoms with van der Waals surface area (Å²) in [7, 11) is 1.57. The zero-order valence-corrected chi connectivity index (χ0v) is 15.7. The molecule has 19 heavy (non-hydrogen) atoms. The molecule has 0 amide bonds. The highest BCUT2D eigenvalue weighted by Crippen LogP contribution is 2.36. The van der Waals surface area contributed by atoms with Crippen molar-refractivity contribution in [2.75, 3.05) is 7.11 Å². The van der Waals surface area contributed by atoms with Crippen LogP contribution in [-0.2, 0) is 0 Å². The van der Waals surface area contributed by atoms with Crippen LogP contribution in [0.25, 0.3) is 0 Å². The van der Waals surface area contributed by atoms with Crippen LogP contribution in [0.1, 0.15) is 20.8 Å². The van der Waals surface area contributed by atoms with Crippen molar-refractivity contribution in [2.45, 2.75) is 6.92 Å². The van der Waals surface area contributed by atoms with Crippen molar-refractivity contribution in [2.24, 2.45) is 0 Å². The van der Waals surface area contributed by atoms with Gasteiger partial charge in [-0.2, -0.15) is 0 Å². The Bertz CT molecular complexity index is 630. The summed E-state index contributed by atoms with van der Waals surface area (Å²) in [5.41, 5.74) is 1.59. The third kappa shape index (κ3) is 3.12. The van der Waals surface area contributed by atoms with Crippen molar-refractivity contribution in [3.8, 4) is 5.75 Å². The minimum atomic E-state index is -0.0473. The van der Waals surface area contributed by atoms with Crippen LogP contribution in [0.3, 0.4) is 0 Å². The van der Waals surface area contributed by atoms with E-state index in [9.17, 15) is 4.79 Å². The summed E-state index contributed by atoms with van der Waals surface area (Å²) in [5, 5.41) is 0. The van der Waals surface area contributed by atoms with Crippen molar-refractivity contribution in [1.82, 2.24) is 0 Å². The SMILES string of the molecule is COc1cc(C)c(Br)cc1C(=O)c1cc(Br)c(Br)s1. The fraction of sp³-hybridized carbons (Fsp3) is 0.154. The maximum Gasteiger partial charge on any atom is 0.206 e. The Morgan fingerprint density at radius 1 is 1.16 bits per heavy atom. The lowest BCUT2D eigenvalue weighted by Gasteiger charge is -2.09. The topological polar surface area (TPSA) is 26.3 Å². The van der Waals surface area contributed by atoms with E-state index in [0.29, 0.717) is 16.2 Å². The quantitative estimate of drug-likeness (QED) is 0.549. The van der Waals surface area contributed by atoms with Gasteiger partial charge in [0, 0.05) is 8.95 Å². The summed E-state index contributed by atoms with van der Waals surface area (Å²) < 4.78 is 7.98. The molecule has 0 spiro atoms. The molecule has 100 valence electrons. The number of hydrogen-bond donors (Lipinski definition) is 0. The first-order chi connectivity index (χ1) is 8.93. The molecule has 0 N–H and O–H groups in total. The van der Waals surface area contributed by atoms with Crippen LogP contribution in [0.2, 0.25) is 0 Å². The van der Waals surface area contributed by atoms with Crippen LogP contribution in [0, 0.1) is 6.92 Å². The summed E-state index contributed by atoms with van der Waals surface area (Å²) in [6, 6.07) is 5.47. The van der Waals surface area contributed by atoms with Gasteiger partial charge in [0.05, 0.1) is 21.3 Å². The van der Waals surface area contributed by atoms with E-state index in [1.807, 2.05) is 19.1 Å². The normalized spacial score (nSPS) is 10.6. The molecule has 0 saturated heterocycles. The molecular formula is C13H9Br3O2S. The van der Waals surface area contributed by atoms with Gasteiger partial charge < -0.3 is 4.74 Å². The summed E-state index contributed by atoms with van der Waals surface area (Å²) in [4.78, 5) is 13.2. The van der Waals surface area contributed by atoms with Gasteiger partial charge in [-0.25, -0.2) is 0 Å². The Morgan fingerprint density at radius 3 is 2.37 bits per heavy atom. The second-order valence-electron chi connectivity index (χ2n) is 3.86. The fourth-order valence-corrected chi connectivity index (χ4v) is 3.93. The first-order valence-corrected chi connectivity index (χ1v) is 8.47. The second-order valence-corrected chi connectivity index (χ2v) is 7.94. The average molecular weight is 469 g/mol. The molecule has 2 nitrogen and oxygen atoms in total. The Morgan fingerprint density at radius 2 is 1.84 bits per heavy atom. The number of carbonyl (C=O) groups is 1. The molecule has 0 atom stereocenters. The van der Waals surface area contributed by atoms with Crippen LogP contribution >= 0.6 is 59.1 Å². The highest BCUT2D eigenvalue weighted by atomic mass is 79.9. The van der Waals surface area contributed by atoms with E-state index < -0.39 is 0 Å². The van der Waals surface area contributed by atoms with Crippen LogP contribution in [0.5, 0.6) is 5.75 Å². The molecule has 1 heterocycles. The van der Waals surface area contributed by atoms with Crippen LogP contribution in [0.4, 0.5) is 0 Å². The lowest BCUT2D eigenvalue weighted by atomic mass is 10.1. The van der Waals surface area contributed by atoms with Crippen LogP contribution in [-0.4, -0.2) is 12.9 Å². The van der Waals surface area contributed by atoms with Crippen molar-refractivity contribution < 1.29 is 9.53 Å². The minimum Gasteiger partial charge on any atom is -0.496 e.